The highest BCUT2D eigenvalue weighted by Gasteiger charge is 2.24. The highest BCUT2D eigenvalue weighted by Crippen LogP contribution is 2.16. The van der Waals surface area contributed by atoms with Gasteiger partial charge >= 0.3 is 5.97 Å². The third-order valence-electron chi connectivity index (χ3n) is 3.02. The fourth-order valence-corrected chi connectivity index (χ4v) is 2.22. The minimum atomic E-state index is -0.850. The molecular formula is C12H14ClN3O3. The smallest absolute Gasteiger partial charge is 0.317 e. The van der Waals surface area contributed by atoms with E-state index in [1.165, 1.54) is 12.4 Å². The molecule has 7 heteroatoms. The van der Waals surface area contributed by atoms with Crippen molar-refractivity contribution in [2.24, 2.45) is 0 Å². The molecule has 0 aromatic carbocycles. The maximum absolute atomic E-state index is 12.2. The second-order valence-electron chi connectivity index (χ2n) is 4.32. The number of hydrogen-bond donors (Lipinski definition) is 1. The van der Waals surface area contributed by atoms with Crippen molar-refractivity contribution in [3.05, 3.63) is 29.0 Å². The predicted octanol–water partition coefficient (Wildman–Crippen LogP) is 0.577. The summed E-state index contributed by atoms with van der Waals surface area (Å²) in [5.74, 6) is -0.987. The Kier molecular flexibility index (Phi) is 4.34. The highest BCUT2D eigenvalue weighted by atomic mass is 35.5. The summed E-state index contributed by atoms with van der Waals surface area (Å²) in [4.78, 5) is 30.2. The molecule has 1 saturated heterocycles. The molecule has 2 rings (SSSR count). The Labute approximate surface area is 115 Å². The lowest BCUT2D eigenvalue weighted by atomic mass is 10.2. The number of aromatic nitrogens is 1. The van der Waals surface area contributed by atoms with E-state index in [9.17, 15) is 9.59 Å². The fraction of sp³-hybridized carbons (Fsp3) is 0.417. The van der Waals surface area contributed by atoms with Gasteiger partial charge in [0.25, 0.3) is 5.91 Å². The van der Waals surface area contributed by atoms with Gasteiger partial charge in [0, 0.05) is 38.6 Å². The first-order chi connectivity index (χ1) is 9.08. The summed E-state index contributed by atoms with van der Waals surface area (Å²) in [5.41, 5.74) is 0.434. The number of carbonyl (C=O) groups is 2. The molecule has 0 unspecified atom stereocenters. The SMILES string of the molecule is O=C(O)CN1CCN(C(=O)c2ccncc2Cl)CC1. The lowest BCUT2D eigenvalue weighted by Gasteiger charge is -2.33. The Morgan fingerprint density at radius 1 is 1.32 bits per heavy atom. The van der Waals surface area contributed by atoms with Gasteiger partial charge in [-0.1, -0.05) is 11.6 Å². The summed E-state index contributed by atoms with van der Waals surface area (Å²) in [5, 5.41) is 9.04. The number of carboxylic acid groups (broad SMARTS) is 1. The van der Waals surface area contributed by atoms with Crippen molar-refractivity contribution >= 4 is 23.5 Å². The number of carboxylic acids is 1. The zero-order chi connectivity index (χ0) is 13.8. The van der Waals surface area contributed by atoms with Gasteiger partial charge in [0.2, 0.25) is 0 Å². The number of nitrogens with zero attached hydrogens (tertiary/aromatic N) is 3. The topological polar surface area (TPSA) is 73.7 Å². The first-order valence-electron chi connectivity index (χ1n) is 5.91. The van der Waals surface area contributed by atoms with Crippen LogP contribution in [0.25, 0.3) is 0 Å². The first kappa shape index (κ1) is 13.8. The second kappa shape index (κ2) is 5.99. The van der Waals surface area contributed by atoms with E-state index in [4.69, 9.17) is 16.7 Å². The van der Waals surface area contributed by atoms with Gasteiger partial charge in [-0.25, -0.2) is 0 Å². The molecule has 6 nitrogen and oxygen atoms in total. The maximum Gasteiger partial charge on any atom is 0.317 e. The molecule has 1 aromatic rings. The molecule has 1 N–H and O–H groups in total. The van der Waals surface area contributed by atoms with Crippen molar-refractivity contribution in [1.82, 2.24) is 14.8 Å². The molecule has 1 aliphatic heterocycles. The van der Waals surface area contributed by atoms with Gasteiger partial charge in [0.05, 0.1) is 17.1 Å². The molecule has 1 aromatic heterocycles. The fourth-order valence-electron chi connectivity index (χ4n) is 2.02. The Morgan fingerprint density at radius 2 is 2.00 bits per heavy atom. The number of pyridine rings is 1. The molecule has 0 saturated carbocycles. The van der Waals surface area contributed by atoms with Gasteiger partial charge in [0.15, 0.2) is 0 Å². The third kappa shape index (κ3) is 3.42. The largest absolute Gasteiger partial charge is 0.480 e. The number of halogens is 1. The number of hydrogen-bond acceptors (Lipinski definition) is 4. The lowest BCUT2D eigenvalue weighted by Crippen LogP contribution is -2.49. The number of rotatable bonds is 3. The van der Waals surface area contributed by atoms with Crippen LogP contribution in [-0.2, 0) is 4.79 Å². The average molecular weight is 284 g/mol. The highest BCUT2D eigenvalue weighted by molar-refractivity contribution is 6.33. The van der Waals surface area contributed by atoms with Crippen LogP contribution in [0.2, 0.25) is 5.02 Å². The molecule has 0 spiro atoms. The normalized spacial score (nSPS) is 16.4. The number of aliphatic carboxylic acids is 1. The van der Waals surface area contributed by atoms with Crippen LogP contribution >= 0.6 is 11.6 Å². The third-order valence-corrected chi connectivity index (χ3v) is 3.32. The summed E-state index contributed by atoms with van der Waals surface area (Å²) < 4.78 is 0. The summed E-state index contributed by atoms with van der Waals surface area (Å²) in [6, 6.07) is 1.59. The van der Waals surface area contributed by atoms with E-state index in [1.54, 1.807) is 15.9 Å². The van der Waals surface area contributed by atoms with Crippen LogP contribution in [-0.4, -0.2) is 64.5 Å². The molecule has 1 aliphatic rings. The molecule has 0 bridgehead atoms. The minimum absolute atomic E-state index is 0.0119. The van der Waals surface area contributed by atoms with Crippen LogP contribution in [0.15, 0.2) is 18.5 Å². The van der Waals surface area contributed by atoms with Crippen molar-refractivity contribution in [1.29, 1.82) is 0 Å². The first-order valence-corrected chi connectivity index (χ1v) is 6.28. The summed E-state index contributed by atoms with van der Waals surface area (Å²) in [6.07, 6.45) is 2.97. The van der Waals surface area contributed by atoms with Crippen LogP contribution in [0, 0.1) is 0 Å². The lowest BCUT2D eigenvalue weighted by molar-refractivity contribution is -0.138. The van der Waals surface area contributed by atoms with Crippen LogP contribution in [0.5, 0.6) is 0 Å². The molecule has 0 atom stereocenters. The zero-order valence-electron chi connectivity index (χ0n) is 10.3. The van der Waals surface area contributed by atoms with Gasteiger partial charge in [-0.2, -0.15) is 0 Å². The molecule has 1 amide bonds. The van der Waals surface area contributed by atoms with Crippen molar-refractivity contribution in [3.8, 4) is 0 Å². The Balaban J connectivity index is 1.96. The standard InChI is InChI=1S/C12H14ClN3O3/c13-10-7-14-2-1-9(10)12(19)16-5-3-15(4-6-16)8-11(17)18/h1-2,7H,3-6,8H2,(H,17,18). The van der Waals surface area contributed by atoms with E-state index >= 15 is 0 Å². The van der Waals surface area contributed by atoms with E-state index in [-0.39, 0.29) is 12.5 Å². The quantitative estimate of drug-likeness (QED) is 0.878. The van der Waals surface area contributed by atoms with Crippen molar-refractivity contribution in [3.63, 3.8) is 0 Å². The number of amides is 1. The van der Waals surface area contributed by atoms with Crippen molar-refractivity contribution in [2.45, 2.75) is 0 Å². The zero-order valence-corrected chi connectivity index (χ0v) is 11.0. The van der Waals surface area contributed by atoms with Gasteiger partial charge in [-0.3, -0.25) is 19.5 Å². The molecule has 0 aliphatic carbocycles. The van der Waals surface area contributed by atoms with Crippen LogP contribution in [0.3, 0.4) is 0 Å². The van der Waals surface area contributed by atoms with Crippen molar-refractivity contribution < 1.29 is 14.7 Å². The van der Waals surface area contributed by atoms with E-state index < -0.39 is 5.97 Å². The molecule has 2 heterocycles. The molecule has 1 fully saturated rings. The molecule has 102 valence electrons. The van der Waals surface area contributed by atoms with Crippen LogP contribution in [0.4, 0.5) is 0 Å². The van der Waals surface area contributed by atoms with Gasteiger partial charge in [0.1, 0.15) is 0 Å². The number of carbonyl (C=O) groups excluding carboxylic acids is 1. The monoisotopic (exact) mass is 283 g/mol. The van der Waals surface area contributed by atoms with Gasteiger partial charge in [-0.15, -0.1) is 0 Å². The maximum atomic E-state index is 12.2. The summed E-state index contributed by atoms with van der Waals surface area (Å²) >= 11 is 5.94. The number of piperazine rings is 1. The average Bonchev–Trinajstić information content (AvgIpc) is 2.39. The minimum Gasteiger partial charge on any atom is -0.480 e. The van der Waals surface area contributed by atoms with Crippen molar-refractivity contribution in [2.75, 3.05) is 32.7 Å². The van der Waals surface area contributed by atoms with Gasteiger partial charge < -0.3 is 10.0 Å². The van der Waals surface area contributed by atoms with Gasteiger partial charge in [-0.05, 0) is 6.07 Å². The van der Waals surface area contributed by atoms with E-state index in [0.29, 0.717) is 36.8 Å². The van der Waals surface area contributed by atoms with Crippen LogP contribution in [0.1, 0.15) is 10.4 Å². The second-order valence-corrected chi connectivity index (χ2v) is 4.72. The summed E-state index contributed by atoms with van der Waals surface area (Å²) in [6.45, 7) is 2.13. The van der Waals surface area contributed by atoms with E-state index in [0.717, 1.165) is 0 Å². The Bertz CT molecular complexity index is 487. The Hall–Kier alpha value is -1.66. The molecule has 0 radical (unpaired) electrons. The van der Waals surface area contributed by atoms with E-state index in [1.807, 2.05) is 0 Å². The Morgan fingerprint density at radius 3 is 2.58 bits per heavy atom. The predicted molar refractivity (Wildman–Crippen MR) is 69.2 cm³/mol. The van der Waals surface area contributed by atoms with E-state index in [2.05, 4.69) is 4.98 Å². The molecular weight excluding hydrogens is 270 g/mol. The van der Waals surface area contributed by atoms with Crippen LogP contribution < -0.4 is 0 Å². The summed E-state index contributed by atoms with van der Waals surface area (Å²) in [7, 11) is 0. The molecule has 19 heavy (non-hydrogen) atoms.